The summed E-state index contributed by atoms with van der Waals surface area (Å²) in [6, 6.07) is 11.2. The number of aryl methyl sites for hydroxylation is 2. The Morgan fingerprint density at radius 2 is 1.80 bits per heavy atom. The highest BCUT2D eigenvalue weighted by atomic mass is 19.1. The highest BCUT2D eigenvalue weighted by molar-refractivity contribution is 5.94. The van der Waals surface area contributed by atoms with Crippen LogP contribution in [-0.4, -0.2) is 36.9 Å². The van der Waals surface area contributed by atoms with Crippen molar-refractivity contribution in [2.24, 2.45) is 0 Å². The summed E-state index contributed by atoms with van der Waals surface area (Å²) >= 11 is 0. The van der Waals surface area contributed by atoms with E-state index >= 15 is 0 Å². The summed E-state index contributed by atoms with van der Waals surface area (Å²) < 4.78 is 18.4. The van der Waals surface area contributed by atoms with Gasteiger partial charge in [0.05, 0.1) is 6.54 Å². The average Bonchev–Trinajstić information content (AvgIpc) is 2.57. The quantitative estimate of drug-likeness (QED) is 0.877. The van der Waals surface area contributed by atoms with Gasteiger partial charge in [0.15, 0.2) is 6.61 Å². The predicted molar refractivity (Wildman–Crippen MR) is 94.1 cm³/mol. The fourth-order valence-electron chi connectivity index (χ4n) is 2.15. The van der Waals surface area contributed by atoms with Gasteiger partial charge in [0.25, 0.3) is 5.91 Å². The zero-order valence-electron chi connectivity index (χ0n) is 14.5. The smallest absolute Gasteiger partial charge is 0.260 e. The van der Waals surface area contributed by atoms with Crippen molar-refractivity contribution in [2.45, 2.75) is 13.8 Å². The fraction of sp³-hybridized carbons (Fsp3) is 0.263. The summed E-state index contributed by atoms with van der Waals surface area (Å²) in [5, 5.41) is 2.60. The summed E-state index contributed by atoms with van der Waals surface area (Å²) in [6.45, 7) is 3.58. The molecule has 0 heterocycles. The Hall–Kier alpha value is -2.89. The Morgan fingerprint density at radius 3 is 2.48 bits per heavy atom. The van der Waals surface area contributed by atoms with Gasteiger partial charge >= 0.3 is 0 Å². The molecular formula is C19H21FN2O3. The largest absolute Gasteiger partial charge is 0.483 e. The van der Waals surface area contributed by atoms with Gasteiger partial charge in [-0.2, -0.15) is 0 Å². The summed E-state index contributed by atoms with van der Waals surface area (Å²) in [5.74, 6) is -0.407. The number of nitrogens with one attached hydrogen (secondary N) is 1. The Bertz CT molecular complexity index is 760. The minimum absolute atomic E-state index is 0.119. The molecule has 0 aliphatic rings. The molecular weight excluding hydrogens is 323 g/mol. The van der Waals surface area contributed by atoms with E-state index in [9.17, 15) is 14.0 Å². The molecule has 132 valence electrons. The summed E-state index contributed by atoms with van der Waals surface area (Å²) in [4.78, 5) is 25.3. The number of hydrogen-bond acceptors (Lipinski definition) is 3. The number of carbonyl (C=O) groups excluding carboxylic acids is 2. The van der Waals surface area contributed by atoms with Crippen molar-refractivity contribution in [3.05, 3.63) is 59.4 Å². The van der Waals surface area contributed by atoms with Gasteiger partial charge < -0.3 is 15.0 Å². The van der Waals surface area contributed by atoms with E-state index in [4.69, 9.17) is 4.74 Å². The van der Waals surface area contributed by atoms with Gasteiger partial charge in [-0.25, -0.2) is 4.39 Å². The van der Waals surface area contributed by atoms with Crippen LogP contribution in [-0.2, 0) is 9.59 Å². The lowest BCUT2D eigenvalue weighted by molar-refractivity contribution is -0.135. The SMILES string of the molecule is Cc1ccc(C)c(OCC(=O)N(C)CC(=O)Nc2ccc(F)cc2)c1. The summed E-state index contributed by atoms with van der Waals surface area (Å²) in [6.07, 6.45) is 0. The third kappa shape index (κ3) is 5.60. The third-order valence-corrected chi connectivity index (χ3v) is 3.63. The van der Waals surface area contributed by atoms with Gasteiger partial charge in [0.1, 0.15) is 11.6 Å². The summed E-state index contributed by atoms with van der Waals surface area (Å²) in [7, 11) is 1.53. The molecule has 0 saturated heterocycles. The molecule has 0 saturated carbocycles. The number of ether oxygens (including phenoxy) is 1. The molecule has 2 amide bonds. The van der Waals surface area contributed by atoms with Gasteiger partial charge in [-0.3, -0.25) is 9.59 Å². The van der Waals surface area contributed by atoms with E-state index in [1.807, 2.05) is 32.0 Å². The Kier molecular flexibility index (Phi) is 6.11. The van der Waals surface area contributed by atoms with E-state index in [-0.39, 0.29) is 30.8 Å². The maximum atomic E-state index is 12.8. The number of amides is 2. The number of benzene rings is 2. The molecule has 0 fully saturated rings. The molecule has 2 aromatic rings. The highest BCUT2D eigenvalue weighted by Gasteiger charge is 2.14. The van der Waals surface area contributed by atoms with Crippen LogP contribution < -0.4 is 10.1 Å². The van der Waals surface area contributed by atoms with E-state index in [0.29, 0.717) is 11.4 Å². The van der Waals surface area contributed by atoms with Gasteiger partial charge in [-0.1, -0.05) is 12.1 Å². The first-order chi connectivity index (χ1) is 11.8. The van der Waals surface area contributed by atoms with Crippen LogP contribution in [0.25, 0.3) is 0 Å². The monoisotopic (exact) mass is 344 g/mol. The molecule has 2 rings (SSSR count). The number of nitrogens with zero attached hydrogens (tertiary/aromatic N) is 1. The van der Waals surface area contributed by atoms with Crippen LogP contribution in [0.15, 0.2) is 42.5 Å². The molecule has 25 heavy (non-hydrogen) atoms. The van der Waals surface area contributed by atoms with Crippen molar-refractivity contribution in [3.63, 3.8) is 0 Å². The molecule has 0 aromatic heterocycles. The van der Waals surface area contributed by atoms with Crippen molar-refractivity contribution in [1.29, 1.82) is 0 Å². The van der Waals surface area contributed by atoms with Crippen LogP contribution in [0.5, 0.6) is 5.75 Å². The topological polar surface area (TPSA) is 58.6 Å². The molecule has 0 aliphatic carbocycles. The molecule has 0 spiro atoms. The maximum Gasteiger partial charge on any atom is 0.260 e. The van der Waals surface area contributed by atoms with Gasteiger partial charge in [-0.15, -0.1) is 0 Å². The molecule has 5 nitrogen and oxygen atoms in total. The lowest BCUT2D eigenvalue weighted by Gasteiger charge is -2.18. The average molecular weight is 344 g/mol. The van der Waals surface area contributed by atoms with E-state index in [1.54, 1.807) is 0 Å². The Balaban J connectivity index is 1.84. The Labute approximate surface area is 146 Å². The normalized spacial score (nSPS) is 10.2. The van der Waals surface area contributed by atoms with E-state index in [2.05, 4.69) is 5.32 Å². The van der Waals surface area contributed by atoms with Gasteiger partial charge in [0, 0.05) is 12.7 Å². The number of halogens is 1. The first kappa shape index (κ1) is 18.4. The number of carbonyl (C=O) groups is 2. The number of hydrogen-bond donors (Lipinski definition) is 1. The minimum atomic E-state index is -0.381. The van der Waals surface area contributed by atoms with Crippen molar-refractivity contribution in [3.8, 4) is 5.75 Å². The van der Waals surface area contributed by atoms with Gasteiger partial charge in [-0.05, 0) is 55.3 Å². The summed E-state index contributed by atoms with van der Waals surface area (Å²) in [5.41, 5.74) is 2.45. The molecule has 6 heteroatoms. The molecule has 0 atom stereocenters. The van der Waals surface area contributed by atoms with Crippen LogP contribution in [0.3, 0.4) is 0 Å². The molecule has 0 bridgehead atoms. The maximum absolute atomic E-state index is 12.8. The fourth-order valence-corrected chi connectivity index (χ4v) is 2.15. The lowest BCUT2D eigenvalue weighted by atomic mass is 10.1. The van der Waals surface area contributed by atoms with Crippen molar-refractivity contribution < 1.29 is 18.7 Å². The van der Waals surface area contributed by atoms with E-state index in [0.717, 1.165) is 11.1 Å². The van der Waals surface area contributed by atoms with Crippen molar-refractivity contribution in [1.82, 2.24) is 4.90 Å². The lowest BCUT2D eigenvalue weighted by Crippen LogP contribution is -2.37. The van der Waals surface area contributed by atoms with Crippen LogP contribution in [0.1, 0.15) is 11.1 Å². The zero-order chi connectivity index (χ0) is 18.4. The number of anilines is 1. The second kappa shape index (κ2) is 8.28. The van der Waals surface area contributed by atoms with Crippen molar-refractivity contribution >= 4 is 17.5 Å². The van der Waals surface area contributed by atoms with Crippen LogP contribution in [0.4, 0.5) is 10.1 Å². The molecule has 0 aliphatic heterocycles. The van der Waals surface area contributed by atoms with Crippen LogP contribution in [0.2, 0.25) is 0 Å². The molecule has 0 radical (unpaired) electrons. The van der Waals surface area contributed by atoms with Crippen molar-refractivity contribution in [2.75, 3.05) is 25.5 Å². The first-order valence-corrected chi connectivity index (χ1v) is 7.84. The molecule has 0 unspecified atom stereocenters. The van der Waals surface area contributed by atoms with Gasteiger partial charge in [0.2, 0.25) is 5.91 Å². The number of rotatable bonds is 6. The van der Waals surface area contributed by atoms with E-state index in [1.165, 1.54) is 36.2 Å². The zero-order valence-corrected chi connectivity index (χ0v) is 14.5. The predicted octanol–water partition coefficient (Wildman–Crippen LogP) is 2.92. The standard InChI is InChI=1S/C19H21FN2O3/c1-13-4-5-14(2)17(10-13)25-12-19(24)22(3)11-18(23)21-16-8-6-15(20)7-9-16/h4-10H,11-12H2,1-3H3,(H,21,23). The Morgan fingerprint density at radius 1 is 1.12 bits per heavy atom. The van der Waals surface area contributed by atoms with E-state index < -0.39 is 0 Å². The number of likely N-dealkylation sites (N-methyl/N-ethyl adjacent to an activating group) is 1. The molecule has 1 N–H and O–H groups in total. The van der Waals surface area contributed by atoms with Crippen LogP contribution >= 0.6 is 0 Å². The third-order valence-electron chi connectivity index (χ3n) is 3.63. The second-order valence-electron chi connectivity index (χ2n) is 5.86. The molecule has 2 aromatic carbocycles. The second-order valence-corrected chi connectivity index (χ2v) is 5.86. The van der Waals surface area contributed by atoms with Crippen LogP contribution in [0, 0.1) is 19.7 Å². The highest BCUT2D eigenvalue weighted by Crippen LogP contribution is 2.19. The first-order valence-electron chi connectivity index (χ1n) is 7.84. The minimum Gasteiger partial charge on any atom is -0.483 e.